The van der Waals surface area contributed by atoms with Crippen molar-refractivity contribution in [3.05, 3.63) is 29.8 Å². The Bertz CT molecular complexity index is 419. The van der Waals surface area contributed by atoms with Gasteiger partial charge in [-0.25, -0.2) is 0 Å². The lowest BCUT2D eigenvalue weighted by atomic mass is 10.1. The van der Waals surface area contributed by atoms with Crippen LogP contribution in [0.4, 0.5) is 18.9 Å². The molecule has 0 atom stereocenters. The average molecular weight is 290 g/mol. The van der Waals surface area contributed by atoms with Gasteiger partial charge in [-0.1, -0.05) is 12.1 Å². The molecule has 0 spiro atoms. The minimum absolute atomic E-state index is 0.0855. The van der Waals surface area contributed by atoms with E-state index in [4.69, 9.17) is 5.73 Å². The van der Waals surface area contributed by atoms with Crippen molar-refractivity contribution in [3.8, 4) is 0 Å². The maximum atomic E-state index is 11.8. The summed E-state index contributed by atoms with van der Waals surface area (Å²) in [6.07, 6.45) is -3.81. The predicted octanol–water partition coefficient (Wildman–Crippen LogP) is 1.90. The van der Waals surface area contributed by atoms with E-state index in [1.807, 2.05) is 12.1 Å². The lowest BCUT2D eigenvalue weighted by molar-refractivity contribution is -0.174. The third kappa shape index (κ3) is 7.63. The summed E-state index contributed by atoms with van der Waals surface area (Å²) >= 11 is 0. The van der Waals surface area contributed by atoms with E-state index in [1.54, 1.807) is 12.1 Å². The van der Waals surface area contributed by atoms with E-state index in [1.165, 1.54) is 0 Å². The molecule has 1 amide bonds. The van der Waals surface area contributed by atoms with Gasteiger partial charge >= 0.3 is 6.18 Å². The standard InChI is InChI=1S/C13H17F3N2O2/c14-13(15,16)9-20-8-6-12(19)18-7-5-10-1-3-11(17)4-2-10/h1-4H,5-9,17H2,(H,18,19). The fourth-order valence-electron chi connectivity index (χ4n) is 1.47. The minimum Gasteiger partial charge on any atom is -0.399 e. The second kappa shape index (κ2) is 7.74. The topological polar surface area (TPSA) is 64.3 Å². The van der Waals surface area contributed by atoms with Crippen LogP contribution < -0.4 is 11.1 Å². The number of amides is 1. The van der Waals surface area contributed by atoms with Gasteiger partial charge in [-0.2, -0.15) is 13.2 Å². The number of carbonyl (C=O) groups excluding carboxylic acids is 1. The normalized spacial score (nSPS) is 11.3. The van der Waals surface area contributed by atoms with Crippen LogP contribution in [0.5, 0.6) is 0 Å². The van der Waals surface area contributed by atoms with Gasteiger partial charge in [0.1, 0.15) is 6.61 Å². The van der Waals surface area contributed by atoms with Crippen molar-refractivity contribution in [2.75, 3.05) is 25.5 Å². The van der Waals surface area contributed by atoms with Crippen molar-refractivity contribution in [2.24, 2.45) is 0 Å². The van der Waals surface area contributed by atoms with E-state index in [2.05, 4.69) is 10.1 Å². The molecule has 7 heteroatoms. The van der Waals surface area contributed by atoms with E-state index in [-0.39, 0.29) is 18.9 Å². The van der Waals surface area contributed by atoms with Crippen molar-refractivity contribution in [3.63, 3.8) is 0 Å². The van der Waals surface area contributed by atoms with E-state index in [9.17, 15) is 18.0 Å². The highest BCUT2D eigenvalue weighted by Gasteiger charge is 2.27. The van der Waals surface area contributed by atoms with Gasteiger partial charge < -0.3 is 15.8 Å². The van der Waals surface area contributed by atoms with Crippen LogP contribution in [0, 0.1) is 0 Å². The Kier molecular flexibility index (Phi) is 6.30. The molecule has 1 aromatic carbocycles. The Balaban J connectivity index is 2.10. The fourth-order valence-corrected chi connectivity index (χ4v) is 1.47. The largest absolute Gasteiger partial charge is 0.411 e. The molecule has 0 saturated carbocycles. The highest BCUT2D eigenvalue weighted by atomic mass is 19.4. The first-order valence-electron chi connectivity index (χ1n) is 6.12. The maximum Gasteiger partial charge on any atom is 0.411 e. The number of hydrogen-bond acceptors (Lipinski definition) is 3. The van der Waals surface area contributed by atoms with Crippen molar-refractivity contribution in [1.82, 2.24) is 5.32 Å². The second-order valence-electron chi connectivity index (χ2n) is 4.26. The van der Waals surface area contributed by atoms with Gasteiger partial charge in [0.05, 0.1) is 6.61 Å². The molecule has 0 saturated heterocycles. The Morgan fingerprint density at radius 2 is 1.90 bits per heavy atom. The van der Waals surface area contributed by atoms with E-state index in [0.717, 1.165) is 5.56 Å². The molecule has 3 N–H and O–H groups in total. The third-order valence-electron chi connectivity index (χ3n) is 2.45. The highest BCUT2D eigenvalue weighted by molar-refractivity contribution is 5.75. The second-order valence-corrected chi connectivity index (χ2v) is 4.26. The molecule has 0 aromatic heterocycles. The van der Waals surface area contributed by atoms with Crippen molar-refractivity contribution < 1.29 is 22.7 Å². The summed E-state index contributed by atoms with van der Waals surface area (Å²) in [5.74, 6) is -0.331. The zero-order chi connectivity index (χ0) is 15.0. The first-order valence-corrected chi connectivity index (χ1v) is 6.12. The lowest BCUT2D eigenvalue weighted by Crippen LogP contribution is -2.27. The third-order valence-corrected chi connectivity index (χ3v) is 2.45. The highest BCUT2D eigenvalue weighted by Crippen LogP contribution is 2.14. The summed E-state index contributed by atoms with van der Waals surface area (Å²) in [4.78, 5) is 11.3. The predicted molar refractivity (Wildman–Crippen MR) is 69.1 cm³/mol. The number of nitrogens with two attached hydrogens (primary N) is 1. The Labute approximate surface area is 115 Å². The monoisotopic (exact) mass is 290 g/mol. The summed E-state index contributed by atoms with van der Waals surface area (Å²) < 4.78 is 39.6. The van der Waals surface area contributed by atoms with Gasteiger partial charge in [0.2, 0.25) is 5.91 Å². The zero-order valence-electron chi connectivity index (χ0n) is 10.9. The van der Waals surface area contributed by atoms with Gasteiger partial charge in [-0.3, -0.25) is 4.79 Å². The summed E-state index contributed by atoms with van der Waals surface area (Å²) in [6, 6.07) is 7.24. The van der Waals surface area contributed by atoms with Crippen LogP contribution in [-0.4, -0.2) is 31.8 Å². The number of alkyl halides is 3. The van der Waals surface area contributed by atoms with Gasteiger partial charge in [-0.15, -0.1) is 0 Å². The van der Waals surface area contributed by atoms with E-state index < -0.39 is 12.8 Å². The average Bonchev–Trinajstić information content (AvgIpc) is 2.36. The number of ether oxygens (including phenoxy) is 1. The minimum atomic E-state index is -4.36. The molecule has 0 aliphatic rings. The lowest BCUT2D eigenvalue weighted by Gasteiger charge is -2.08. The van der Waals surface area contributed by atoms with E-state index >= 15 is 0 Å². The van der Waals surface area contributed by atoms with Gasteiger partial charge in [0.15, 0.2) is 0 Å². The molecular weight excluding hydrogens is 273 g/mol. The Hall–Kier alpha value is -1.76. The van der Waals surface area contributed by atoms with Crippen molar-refractivity contribution >= 4 is 11.6 Å². The molecule has 1 rings (SSSR count). The molecule has 112 valence electrons. The van der Waals surface area contributed by atoms with Crippen LogP contribution in [0.3, 0.4) is 0 Å². The van der Waals surface area contributed by atoms with E-state index in [0.29, 0.717) is 18.7 Å². The molecule has 20 heavy (non-hydrogen) atoms. The summed E-state index contributed by atoms with van der Waals surface area (Å²) in [5, 5.41) is 2.61. The number of benzene rings is 1. The number of anilines is 1. The number of halogens is 3. The van der Waals surface area contributed by atoms with Crippen LogP contribution in [0.15, 0.2) is 24.3 Å². The van der Waals surface area contributed by atoms with Crippen LogP contribution in [0.25, 0.3) is 0 Å². The van der Waals surface area contributed by atoms with Gasteiger partial charge in [0.25, 0.3) is 0 Å². The smallest absolute Gasteiger partial charge is 0.399 e. The molecule has 0 aliphatic heterocycles. The van der Waals surface area contributed by atoms with Gasteiger partial charge in [0, 0.05) is 18.7 Å². The summed E-state index contributed by atoms with van der Waals surface area (Å²) in [7, 11) is 0. The van der Waals surface area contributed by atoms with Crippen molar-refractivity contribution in [1.29, 1.82) is 0 Å². The molecule has 0 unspecified atom stereocenters. The SMILES string of the molecule is Nc1ccc(CCNC(=O)CCOCC(F)(F)F)cc1. The Morgan fingerprint density at radius 1 is 1.25 bits per heavy atom. The Morgan fingerprint density at radius 3 is 2.50 bits per heavy atom. The van der Waals surface area contributed by atoms with Crippen LogP contribution in [0.1, 0.15) is 12.0 Å². The molecule has 1 aromatic rings. The zero-order valence-corrected chi connectivity index (χ0v) is 10.9. The molecule has 0 aliphatic carbocycles. The number of nitrogens with one attached hydrogen (secondary N) is 1. The number of carbonyl (C=O) groups is 1. The maximum absolute atomic E-state index is 11.8. The number of rotatable bonds is 7. The molecule has 0 fully saturated rings. The fraction of sp³-hybridized carbons (Fsp3) is 0.462. The summed E-state index contributed by atoms with van der Waals surface area (Å²) in [5.41, 5.74) is 7.23. The molecular formula is C13H17F3N2O2. The first kappa shape index (κ1) is 16.3. The number of hydrogen-bond donors (Lipinski definition) is 2. The number of nitrogen functional groups attached to an aromatic ring is 1. The first-order chi connectivity index (χ1) is 9.37. The van der Waals surface area contributed by atoms with Crippen molar-refractivity contribution in [2.45, 2.75) is 19.0 Å². The van der Waals surface area contributed by atoms with Crippen LogP contribution in [-0.2, 0) is 16.0 Å². The molecule has 4 nitrogen and oxygen atoms in total. The van der Waals surface area contributed by atoms with Crippen LogP contribution in [0.2, 0.25) is 0 Å². The summed E-state index contributed by atoms with van der Waals surface area (Å²) in [6.45, 7) is -1.15. The molecule has 0 heterocycles. The quantitative estimate of drug-likeness (QED) is 0.595. The van der Waals surface area contributed by atoms with Gasteiger partial charge in [-0.05, 0) is 24.1 Å². The molecule has 0 bridgehead atoms. The van der Waals surface area contributed by atoms with Crippen LogP contribution >= 0.6 is 0 Å². The molecule has 0 radical (unpaired) electrons.